The highest BCUT2D eigenvalue weighted by atomic mass is 28.2. The molecule has 32 heavy (non-hydrogen) atoms. The molecule has 2 nitrogen and oxygen atoms in total. The predicted molar refractivity (Wildman–Crippen MR) is 148 cm³/mol. The quantitative estimate of drug-likeness (QED) is 0.0643. The molecule has 0 atom stereocenters. The van der Waals surface area contributed by atoms with Crippen LogP contribution in [0.25, 0.3) is 0 Å². The Morgan fingerprint density at radius 2 is 0.719 bits per heavy atom. The minimum absolute atomic E-state index is 0.179. The van der Waals surface area contributed by atoms with Crippen LogP contribution in [0.3, 0.4) is 0 Å². The van der Waals surface area contributed by atoms with Gasteiger partial charge in [0.2, 0.25) is 0 Å². The fraction of sp³-hybridized carbons (Fsp3) is 1.00. The highest BCUT2D eigenvalue weighted by Gasteiger charge is 2.09. The fourth-order valence-corrected chi connectivity index (χ4v) is 6.17. The lowest BCUT2D eigenvalue weighted by Gasteiger charge is -2.18. The summed E-state index contributed by atoms with van der Waals surface area (Å²) in [6.07, 6.45) is 30.4. The maximum absolute atomic E-state index is 6.19. The zero-order chi connectivity index (χ0) is 23.4. The lowest BCUT2D eigenvalue weighted by Crippen LogP contribution is -2.25. The summed E-state index contributed by atoms with van der Waals surface area (Å²) >= 11 is 0. The third-order valence-corrected chi connectivity index (χ3v) is 8.50. The normalized spacial score (nSPS) is 12.0. The van der Waals surface area contributed by atoms with E-state index in [2.05, 4.69) is 20.8 Å². The van der Waals surface area contributed by atoms with Gasteiger partial charge in [0.05, 0.1) is 9.52 Å². The van der Waals surface area contributed by atoms with E-state index in [1.807, 2.05) is 0 Å². The maximum atomic E-state index is 6.19. The molecule has 0 bridgehead atoms. The van der Waals surface area contributed by atoms with E-state index in [1.165, 1.54) is 147 Å². The van der Waals surface area contributed by atoms with E-state index >= 15 is 0 Å². The van der Waals surface area contributed by atoms with Crippen LogP contribution in [0.1, 0.15) is 162 Å². The van der Waals surface area contributed by atoms with Gasteiger partial charge in [-0.05, 0) is 12.8 Å². The number of unbranched alkanes of at least 4 members (excludes halogenated alkanes) is 19. The van der Waals surface area contributed by atoms with E-state index in [9.17, 15) is 0 Å². The van der Waals surface area contributed by atoms with Gasteiger partial charge in [0.1, 0.15) is 5.91 Å². The van der Waals surface area contributed by atoms with Gasteiger partial charge in [-0.3, -0.25) is 0 Å². The number of hydrogen-bond acceptors (Lipinski definition) is 2. The summed E-state index contributed by atoms with van der Waals surface area (Å²) in [5.74, 6) is 0.179. The molecule has 0 aromatic carbocycles. The van der Waals surface area contributed by atoms with Gasteiger partial charge in [-0.25, -0.2) is 0 Å². The van der Waals surface area contributed by atoms with E-state index in [1.54, 1.807) is 0 Å². The first-order valence-electron chi connectivity index (χ1n) is 15.1. The van der Waals surface area contributed by atoms with E-state index in [0.717, 1.165) is 13.2 Å². The Hall–Kier alpha value is 0.137. The van der Waals surface area contributed by atoms with Crippen LogP contribution in [0.15, 0.2) is 0 Å². The molecular weight excluding hydrogens is 408 g/mol. The molecule has 0 aliphatic rings. The fourth-order valence-electron chi connectivity index (χ4n) is 4.38. The first-order chi connectivity index (χ1) is 15.8. The summed E-state index contributed by atoms with van der Waals surface area (Å²) in [6, 6.07) is 1.37. The van der Waals surface area contributed by atoms with Crippen molar-refractivity contribution in [2.75, 3.05) is 13.2 Å². The van der Waals surface area contributed by atoms with Crippen molar-refractivity contribution < 1.29 is 9.47 Å². The van der Waals surface area contributed by atoms with E-state index in [-0.39, 0.29) is 15.4 Å². The average Bonchev–Trinajstić information content (AvgIpc) is 2.80. The van der Waals surface area contributed by atoms with Crippen molar-refractivity contribution in [3.63, 3.8) is 0 Å². The van der Waals surface area contributed by atoms with Crippen LogP contribution in [-0.4, -0.2) is 28.6 Å². The van der Waals surface area contributed by atoms with Crippen LogP contribution < -0.4 is 0 Å². The maximum Gasteiger partial charge on any atom is 0.134 e. The van der Waals surface area contributed by atoms with Gasteiger partial charge in [-0.1, -0.05) is 155 Å². The number of ether oxygens (including phenoxy) is 2. The highest BCUT2D eigenvalue weighted by Crippen LogP contribution is 2.13. The Bertz CT molecular complexity index is 298. The summed E-state index contributed by atoms with van der Waals surface area (Å²) in [4.78, 5) is 0. The molecule has 0 amide bonds. The van der Waals surface area contributed by atoms with Gasteiger partial charge in [0.15, 0.2) is 0 Å². The lowest BCUT2D eigenvalue weighted by atomic mass is 10.1. The second kappa shape index (κ2) is 29.2. The zero-order valence-corrected chi connectivity index (χ0v) is 24.2. The molecule has 0 radical (unpaired) electrons. The smallest absolute Gasteiger partial charge is 0.134 e. The Morgan fingerprint density at radius 1 is 0.406 bits per heavy atom. The van der Waals surface area contributed by atoms with Gasteiger partial charge in [-0.15, -0.1) is 0 Å². The van der Waals surface area contributed by atoms with Crippen LogP contribution in [0.5, 0.6) is 0 Å². The second-order valence-electron chi connectivity index (χ2n) is 10.0. The van der Waals surface area contributed by atoms with Crippen LogP contribution >= 0.6 is 0 Å². The molecule has 0 N–H and O–H groups in total. The second-order valence-corrected chi connectivity index (χ2v) is 12.0. The number of rotatable bonds is 28. The molecule has 0 unspecified atom stereocenters. The molecule has 0 aliphatic heterocycles. The molecule has 3 heteroatoms. The SMILES string of the molecule is CCCCCCCCCCCCOC(OCCCCCCCCCCCC)[SiH2]CCCC. The summed E-state index contributed by atoms with van der Waals surface area (Å²) < 4.78 is 12.4. The molecule has 0 rings (SSSR count). The molecule has 0 saturated heterocycles. The van der Waals surface area contributed by atoms with Crippen LogP contribution in [0, 0.1) is 0 Å². The molecule has 0 saturated carbocycles. The largest absolute Gasteiger partial charge is 0.357 e. The first-order valence-corrected chi connectivity index (χ1v) is 16.9. The van der Waals surface area contributed by atoms with Crippen molar-refractivity contribution in [1.29, 1.82) is 0 Å². The molecule has 0 fully saturated rings. The summed E-state index contributed by atoms with van der Waals surface area (Å²) in [5, 5.41) is 0. The van der Waals surface area contributed by atoms with E-state index in [4.69, 9.17) is 9.47 Å². The Balaban J connectivity index is 3.59. The van der Waals surface area contributed by atoms with Crippen molar-refractivity contribution >= 4 is 9.52 Å². The molecule has 0 aliphatic carbocycles. The van der Waals surface area contributed by atoms with Crippen molar-refractivity contribution in [2.45, 2.75) is 174 Å². The monoisotopic (exact) mass is 470 g/mol. The molecular formula is C29H62O2Si. The van der Waals surface area contributed by atoms with E-state index in [0.29, 0.717) is 0 Å². The zero-order valence-electron chi connectivity index (χ0n) is 22.8. The summed E-state index contributed by atoms with van der Waals surface area (Å²) in [6.45, 7) is 8.71. The van der Waals surface area contributed by atoms with Gasteiger partial charge in [0.25, 0.3) is 0 Å². The average molecular weight is 471 g/mol. The Labute approximate surface area is 206 Å². The summed E-state index contributed by atoms with van der Waals surface area (Å²) in [5.41, 5.74) is 0. The van der Waals surface area contributed by atoms with Crippen molar-refractivity contribution in [3.8, 4) is 0 Å². The van der Waals surface area contributed by atoms with Crippen molar-refractivity contribution in [3.05, 3.63) is 0 Å². The molecule has 0 spiro atoms. The molecule has 0 heterocycles. The minimum Gasteiger partial charge on any atom is -0.357 e. The molecule has 0 aromatic rings. The van der Waals surface area contributed by atoms with Gasteiger partial charge in [-0.2, -0.15) is 0 Å². The van der Waals surface area contributed by atoms with Crippen LogP contribution in [0.2, 0.25) is 6.04 Å². The third kappa shape index (κ3) is 26.4. The molecule has 0 aromatic heterocycles. The van der Waals surface area contributed by atoms with E-state index < -0.39 is 0 Å². The molecule has 194 valence electrons. The first kappa shape index (κ1) is 32.1. The Kier molecular flexibility index (Phi) is 29.3. The van der Waals surface area contributed by atoms with Crippen molar-refractivity contribution in [2.24, 2.45) is 0 Å². The lowest BCUT2D eigenvalue weighted by molar-refractivity contribution is -0.0925. The van der Waals surface area contributed by atoms with Crippen LogP contribution in [0.4, 0.5) is 0 Å². The van der Waals surface area contributed by atoms with Crippen LogP contribution in [-0.2, 0) is 9.47 Å². The highest BCUT2D eigenvalue weighted by molar-refractivity contribution is 6.36. The van der Waals surface area contributed by atoms with Gasteiger partial charge >= 0.3 is 0 Å². The minimum atomic E-state index is -0.246. The van der Waals surface area contributed by atoms with Gasteiger partial charge < -0.3 is 9.47 Å². The standard InChI is InChI=1S/C29H62O2Si/c1-4-7-10-12-14-16-18-20-22-24-26-30-29(32-28-9-6-3)31-27-25-23-21-19-17-15-13-11-8-5-2/h29H,4-28,32H2,1-3H3. The number of hydrogen-bond donors (Lipinski definition) is 0. The van der Waals surface area contributed by atoms with Crippen molar-refractivity contribution in [1.82, 2.24) is 0 Å². The predicted octanol–water partition coefficient (Wildman–Crippen LogP) is 9.53. The summed E-state index contributed by atoms with van der Waals surface area (Å²) in [7, 11) is -0.246. The Morgan fingerprint density at radius 3 is 1.06 bits per heavy atom. The topological polar surface area (TPSA) is 18.5 Å². The third-order valence-electron chi connectivity index (χ3n) is 6.65. The van der Waals surface area contributed by atoms with Gasteiger partial charge in [0, 0.05) is 13.2 Å².